The van der Waals surface area contributed by atoms with Gasteiger partial charge < -0.3 is 10.3 Å². The number of para-hydroxylation sites is 1. The van der Waals surface area contributed by atoms with Crippen LogP contribution in [0.15, 0.2) is 24.3 Å². The molecule has 0 aliphatic carbocycles. The van der Waals surface area contributed by atoms with Gasteiger partial charge in [-0.1, -0.05) is 25.1 Å². The molecule has 2 rings (SSSR count). The van der Waals surface area contributed by atoms with Crippen molar-refractivity contribution in [1.82, 2.24) is 4.57 Å². The van der Waals surface area contributed by atoms with E-state index in [1.165, 1.54) is 22.2 Å². The summed E-state index contributed by atoms with van der Waals surface area (Å²) in [4.78, 5) is 0. The van der Waals surface area contributed by atoms with Gasteiger partial charge in [-0.15, -0.1) is 0 Å². The normalized spacial score (nSPS) is 11.1. The summed E-state index contributed by atoms with van der Waals surface area (Å²) >= 11 is 0. The molecule has 0 fully saturated rings. The van der Waals surface area contributed by atoms with Crippen LogP contribution in [-0.2, 0) is 13.0 Å². The molecule has 80 valence electrons. The second-order valence-electron chi connectivity index (χ2n) is 3.93. The lowest BCUT2D eigenvalue weighted by Crippen LogP contribution is -2.11. The number of nitrogens with two attached hydrogens (primary N) is 1. The lowest BCUT2D eigenvalue weighted by Gasteiger charge is -2.09. The average Bonchev–Trinajstić information content (AvgIpc) is 2.56. The van der Waals surface area contributed by atoms with E-state index in [1.54, 1.807) is 0 Å². The molecule has 2 nitrogen and oxygen atoms in total. The molecule has 2 N–H and O–H groups in total. The van der Waals surface area contributed by atoms with Crippen LogP contribution in [0.1, 0.15) is 18.2 Å². The van der Waals surface area contributed by atoms with Crippen LogP contribution in [0.2, 0.25) is 0 Å². The molecule has 0 amide bonds. The van der Waals surface area contributed by atoms with Crippen molar-refractivity contribution >= 4 is 10.9 Å². The highest BCUT2D eigenvalue weighted by atomic mass is 15.0. The van der Waals surface area contributed by atoms with Gasteiger partial charge in [-0.3, -0.25) is 0 Å². The molecule has 0 atom stereocenters. The lowest BCUT2D eigenvalue weighted by molar-refractivity contribution is 0.713. The van der Waals surface area contributed by atoms with E-state index in [-0.39, 0.29) is 0 Å². The maximum absolute atomic E-state index is 5.65. The second kappa shape index (κ2) is 4.07. The minimum atomic E-state index is 0.697. The largest absolute Gasteiger partial charge is 0.343 e. The third-order valence-electron chi connectivity index (χ3n) is 2.94. The first-order valence-electron chi connectivity index (χ1n) is 5.55. The van der Waals surface area contributed by atoms with Gasteiger partial charge in [0.05, 0.1) is 5.52 Å². The SMILES string of the molecule is CCc1cccc2cc(C)n(CCN)c12. The van der Waals surface area contributed by atoms with Crippen molar-refractivity contribution in [3.63, 3.8) is 0 Å². The van der Waals surface area contributed by atoms with Gasteiger partial charge in [-0.2, -0.15) is 0 Å². The molecule has 2 heteroatoms. The van der Waals surface area contributed by atoms with Gasteiger partial charge in [0.1, 0.15) is 0 Å². The monoisotopic (exact) mass is 202 g/mol. The molecule has 0 unspecified atom stereocenters. The van der Waals surface area contributed by atoms with Crippen LogP contribution in [0, 0.1) is 6.92 Å². The van der Waals surface area contributed by atoms with Crippen LogP contribution >= 0.6 is 0 Å². The van der Waals surface area contributed by atoms with Gasteiger partial charge in [-0.05, 0) is 25.0 Å². The van der Waals surface area contributed by atoms with Crippen LogP contribution in [0.3, 0.4) is 0 Å². The fraction of sp³-hybridized carbons (Fsp3) is 0.385. The predicted octanol–water partition coefficient (Wildman–Crippen LogP) is 2.47. The molecule has 1 aromatic heterocycles. The van der Waals surface area contributed by atoms with Crippen molar-refractivity contribution < 1.29 is 0 Å². The molecule has 0 saturated carbocycles. The third-order valence-corrected chi connectivity index (χ3v) is 2.94. The maximum atomic E-state index is 5.65. The molecule has 0 radical (unpaired) electrons. The van der Waals surface area contributed by atoms with Gasteiger partial charge in [0.15, 0.2) is 0 Å². The molecular weight excluding hydrogens is 184 g/mol. The van der Waals surface area contributed by atoms with E-state index in [1.807, 2.05) is 0 Å². The van der Waals surface area contributed by atoms with E-state index in [0.717, 1.165) is 13.0 Å². The topological polar surface area (TPSA) is 30.9 Å². The Labute approximate surface area is 90.7 Å². The molecule has 1 heterocycles. The number of fused-ring (bicyclic) bond motifs is 1. The summed E-state index contributed by atoms with van der Waals surface area (Å²) in [7, 11) is 0. The number of aromatic nitrogens is 1. The Balaban J connectivity index is 2.71. The molecule has 0 saturated heterocycles. The minimum Gasteiger partial charge on any atom is -0.343 e. The zero-order chi connectivity index (χ0) is 10.8. The first-order chi connectivity index (χ1) is 7.27. The summed E-state index contributed by atoms with van der Waals surface area (Å²) in [5.41, 5.74) is 9.73. The number of aryl methyl sites for hydroxylation is 2. The zero-order valence-electron chi connectivity index (χ0n) is 9.46. The van der Waals surface area contributed by atoms with Crippen molar-refractivity contribution in [2.24, 2.45) is 5.73 Å². The first kappa shape index (κ1) is 10.2. The highest BCUT2D eigenvalue weighted by molar-refractivity contribution is 5.84. The van der Waals surface area contributed by atoms with E-state index in [0.29, 0.717) is 6.54 Å². The Morgan fingerprint density at radius 3 is 2.80 bits per heavy atom. The fourth-order valence-corrected chi connectivity index (χ4v) is 2.24. The van der Waals surface area contributed by atoms with Crippen LogP contribution in [0.4, 0.5) is 0 Å². The van der Waals surface area contributed by atoms with Crippen molar-refractivity contribution in [3.05, 3.63) is 35.5 Å². The van der Waals surface area contributed by atoms with Gasteiger partial charge in [0.25, 0.3) is 0 Å². The first-order valence-corrected chi connectivity index (χ1v) is 5.55. The average molecular weight is 202 g/mol. The summed E-state index contributed by atoms with van der Waals surface area (Å²) in [5.74, 6) is 0. The molecule has 0 bridgehead atoms. The highest BCUT2D eigenvalue weighted by Crippen LogP contribution is 2.23. The molecule has 0 aliphatic rings. The van der Waals surface area contributed by atoms with Crippen molar-refractivity contribution in [1.29, 1.82) is 0 Å². The number of rotatable bonds is 3. The summed E-state index contributed by atoms with van der Waals surface area (Å²) < 4.78 is 2.33. The van der Waals surface area contributed by atoms with Crippen molar-refractivity contribution in [2.45, 2.75) is 26.8 Å². The molecule has 1 aromatic carbocycles. The Morgan fingerprint density at radius 2 is 2.13 bits per heavy atom. The van der Waals surface area contributed by atoms with E-state index in [2.05, 4.69) is 42.7 Å². The quantitative estimate of drug-likeness (QED) is 0.814. The Hall–Kier alpha value is -1.28. The number of hydrogen-bond acceptors (Lipinski definition) is 1. The standard InChI is InChI=1S/C13H18N2/c1-3-11-5-4-6-12-9-10(2)15(8-7-14)13(11)12/h4-6,9H,3,7-8,14H2,1-2H3. The minimum absolute atomic E-state index is 0.697. The number of hydrogen-bond donors (Lipinski definition) is 1. The number of benzene rings is 1. The van der Waals surface area contributed by atoms with Gasteiger partial charge in [-0.25, -0.2) is 0 Å². The fourth-order valence-electron chi connectivity index (χ4n) is 2.24. The molecule has 0 spiro atoms. The predicted molar refractivity (Wildman–Crippen MR) is 65.1 cm³/mol. The van der Waals surface area contributed by atoms with Crippen LogP contribution in [0.25, 0.3) is 10.9 Å². The Kier molecular flexibility index (Phi) is 2.78. The van der Waals surface area contributed by atoms with Crippen molar-refractivity contribution in [3.8, 4) is 0 Å². The Morgan fingerprint density at radius 1 is 1.33 bits per heavy atom. The van der Waals surface area contributed by atoms with Crippen LogP contribution < -0.4 is 5.73 Å². The van der Waals surface area contributed by atoms with Crippen LogP contribution in [-0.4, -0.2) is 11.1 Å². The lowest BCUT2D eigenvalue weighted by atomic mass is 10.1. The van der Waals surface area contributed by atoms with E-state index in [9.17, 15) is 0 Å². The van der Waals surface area contributed by atoms with Crippen LogP contribution in [0.5, 0.6) is 0 Å². The third kappa shape index (κ3) is 1.65. The second-order valence-corrected chi connectivity index (χ2v) is 3.93. The van der Waals surface area contributed by atoms with E-state index >= 15 is 0 Å². The van der Waals surface area contributed by atoms with Gasteiger partial charge in [0, 0.05) is 24.2 Å². The molecule has 0 aliphatic heterocycles. The highest BCUT2D eigenvalue weighted by Gasteiger charge is 2.07. The molecule has 15 heavy (non-hydrogen) atoms. The smallest absolute Gasteiger partial charge is 0.0515 e. The van der Waals surface area contributed by atoms with Gasteiger partial charge >= 0.3 is 0 Å². The van der Waals surface area contributed by atoms with Crippen molar-refractivity contribution in [2.75, 3.05) is 6.54 Å². The zero-order valence-corrected chi connectivity index (χ0v) is 9.46. The molecule has 2 aromatic rings. The maximum Gasteiger partial charge on any atom is 0.0515 e. The summed E-state index contributed by atoms with van der Waals surface area (Å²) in [6.45, 7) is 5.95. The van der Waals surface area contributed by atoms with Gasteiger partial charge in [0.2, 0.25) is 0 Å². The van der Waals surface area contributed by atoms with E-state index < -0.39 is 0 Å². The summed E-state index contributed by atoms with van der Waals surface area (Å²) in [6, 6.07) is 8.75. The summed E-state index contributed by atoms with van der Waals surface area (Å²) in [6.07, 6.45) is 1.07. The summed E-state index contributed by atoms with van der Waals surface area (Å²) in [5, 5.41) is 1.33. The number of nitrogens with zero attached hydrogens (tertiary/aromatic N) is 1. The van der Waals surface area contributed by atoms with E-state index in [4.69, 9.17) is 5.73 Å². The Bertz CT molecular complexity index is 469. The molecular formula is C13H18N2.